The highest BCUT2D eigenvalue weighted by Crippen LogP contribution is 2.34. The Morgan fingerprint density at radius 1 is 1.29 bits per heavy atom. The first-order valence-electron chi connectivity index (χ1n) is 7.45. The van der Waals surface area contributed by atoms with Gasteiger partial charge < -0.3 is 10.2 Å². The van der Waals surface area contributed by atoms with Crippen LogP contribution < -0.4 is 5.32 Å². The number of nitrogens with one attached hydrogen (secondary N) is 1. The van der Waals surface area contributed by atoms with Gasteiger partial charge in [-0.3, -0.25) is 0 Å². The third kappa shape index (κ3) is 3.69. The fraction of sp³-hybridized carbons (Fsp3) is 1.00. The summed E-state index contributed by atoms with van der Waals surface area (Å²) in [6.45, 7) is 8.15. The first-order valence-corrected chi connectivity index (χ1v) is 7.45. The van der Waals surface area contributed by atoms with Crippen LogP contribution in [0.1, 0.15) is 59.3 Å². The molecule has 1 rings (SSSR count). The number of likely N-dealkylation sites (N-methyl/N-ethyl adjacent to an activating group) is 1. The maximum absolute atomic E-state index is 3.80. The average molecular weight is 240 g/mol. The van der Waals surface area contributed by atoms with Crippen LogP contribution >= 0.6 is 0 Å². The summed E-state index contributed by atoms with van der Waals surface area (Å²) < 4.78 is 0. The maximum Gasteiger partial charge on any atom is 0.0325 e. The minimum atomic E-state index is 0.296. The lowest BCUT2D eigenvalue weighted by Gasteiger charge is -2.45. The fourth-order valence-corrected chi connectivity index (χ4v) is 2.81. The van der Waals surface area contributed by atoms with Crippen molar-refractivity contribution in [1.82, 2.24) is 10.2 Å². The average Bonchev–Trinajstić information content (AvgIpc) is 2.25. The van der Waals surface area contributed by atoms with E-state index in [0.717, 1.165) is 12.5 Å². The highest BCUT2D eigenvalue weighted by Gasteiger charge is 2.36. The van der Waals surface area contributed by atoms with Crippen molar-refractivity contribution in [1.29, 1.82) is 0 Å². The van der Waals surface area contributed by atoms with Crippen LogP contribution in [0.25, 0.3) is 0 Å². The highest BCUT2D eigenvalue weighted by atomic mass is 15.2. The molecule has 102 valence electrons. The van der Waals surface area contributed by atoms with Gasteiger partial charge in [0.1, 0.15) is 0 Å². The van der Waals surface area contributed by atoms with Crippen LogP contribution in [-0.4, -0.2) is 37.1 Å². The van der Waals surface area contributed by atoms with Crippen LogP contribution in [0.15, 0.2) is 0 Å². The van der Waals surface area contributed by atoms with Gasteiger partial charge in [0, 0.05) is 11.6 Å². The van der Waals surface area contributed by atoms with Gasteiger partial charge in [-0.25, -0.2) is 0 Å². The van der Waals surface area contributed by atoms with Crippen molar-refractivity contribution < 1.29 is 0 Å². The summed E-state index contributed by atoms with van der Waals surface area (Å²) in [6.07, 6.45) is 8.18. The molecule has 2 heteroatoms. The molecule has 0 spiro atoms. The molecule has 0 saturated heterocycles. The molecule has 1 N–H and O–H groups in total. The van der Waals surface area contributed by atoms with E-state index in [9.17, 15) is 0 Å². The van der Waals surface area contributed by atoms with Crippen LogP contribution in [-0.2, 0) is 0 Å². The van der Waals surface area contributed by atoms with Crippen molar-refractivity contribution in [2.45, 2.75) is 70.9 Å². The van der Waals surface area contributed by atoms with E-state index < -0.39 is 0 Å². The van der Waals surface area contributed by atoms with Crippen LogP contribution in [0.3, 0.4) is 0 Å². The monoisotopic (exact) mass is 240 g/mol. The van der Waals surface area contributed by atoms with E-state index in [0.29, 0.717) is 11.6 Å². The van der Waals surface area contributed by atoms with Gasteiger partial charge in [-0.1, -0.05) is 33.1 Å². The Kier molecular flexibility index (Phi) is 5.94. The summed E-state index contributed by atoms with van der Waals surface area (Å²) in [6, 6.07) is 0.646. The standard InChI is InChI=1S/C15H32N2/c1-6-11-16-14(12-13-9-8-10-13)15(3,7-2)17(4)5/h13-14,16H,6-12H2,1-5H3. The van der Waals surface area contributed by atoms with Crippen molar-refractivity contribution in [3.8, 4) is 0 Å². The first kappa shape index (κ1) is 15.0. The van der Waals surface area contributed by atoms with Gasteiger partial charge in [0.2, 0.25) is 0 Å². The number of rotatable bonds is 8. The minimum Gasteiger partial charge on any atom is -0.312 e. The number of nitrogens with zero attached hydrogens (tertiary/aromatic N) is 1. The fourth-order valence-electron chi connectivity index (χ4n) is 2.81. The summed E-state index contributed by atoms with van der Waals surface area (Å²) in [7, 11) is 4.45. The first-order chi connectivity index (χ1) is 8.04. The van der Waals surface area contributed by atoms with E-state index in [2.05, 4.69) is 45.1 Å². The molecule has 2 atom stereocenters. The second-order valence-electron chi connectivity index (χ2n) is 6.14. The maximum atomic E-state index is 3.80. The Balaban J connectivity index is 2.63. The topological polar surface area (TPSA) is 15.3 Å². The summed E-state index contributed by atoms with van der Waals surface area (Å²) in [5.74, 6) is 0.982. The molecule has 17 heavy (non-hydrogen) atoms. The summed E-state index contributed by atoms with van der Waals surface area (Å²) in [5.41, 5.74) is 0.296. The van der Waals surface area contributed by atoms with Crippen LogP contribution in [0.4, 0.5) is 0 Å². The van der Waals surface area contributed by atoms with Crippen molar-refractivity contribution in [2.75, 3.05) is 20.6 Å². The van der Waals surface area contributed by atoms with E-state index in [1.54, 1.807) is 0 Å². The zero-order chi connectivity index (χ0) is 12.9. The Bertz CT molecular complexity index is 211. The zero-order valence-corrected chi connectivity index (χ0v) is 12.6. The van der Waals surface area contributed by atoms with Crippen molar-refractivity contribution >= 4 is 0 Å². The Labute approximate surface area is 108 Å². The predicted molar refractivity (Wildman–Crippen MR) is 76.4 cm³/mol. The molecule has 0 aliphatic heterocycles. The molecule has 1 fully saturated rings. The molecule has 0 aromatic carbocycles. The molecule has 2 nitrogen and oxygen atoms in total. The van der Waals surface area contributed by atoms with Gasteiger partial charge in [0.15, 0.2) is 0 Å². The van der Waals surface area contributed by atoms with Crippen molar-refractivity contribution in [2.24, 2.45) is 5.92 Å². The van der Waals surface area contributed by atoms with Gasteiger partial charge in [0.25, 0.3) is 0 Å². The lowest BCUT2D eigenvalue weighted by Crippen LogP contribution is -2.57. The van der Waals surface area contributed by atoms with Gasteiger partial charge in [-0.2, -0.15) is 0 Å². The van der Waals surface area contributed by atoms with Crippen LogP contribution in [0, 0.1) is 5.92 Å². The Hall–Kier alpha value is -0.0800. The molecule has 2 unspecified atom stereocenters. The van der Waals surface area contributed by atoms with Gasteiger partial charge in [0.05, 0.1) is 0 Å². The minimum absolute atomic E-state index is 0.296. The number of hydrogen-bond acceptors (Lipinski definition) is 2. The van der Waals surface area contributed by atoms with E-state index in [1.165, 1.54) is 38.5 Å². The SMILES string of the molecule is CCCNC(CC1CCC1)C(C)(CC)N(C)C. The van der Waals surface area contributed by atoms with E-state index in [1.807, 2.05) is 0 Å². The molecule has 0 radical (unpaired) electrons. The predicted octanol–water partition coefficient (Wildman–Crippen LogP) is 3.28. The molecule has 0 aromatic heterocycles. The zero-order valence-electron chi connectivity index (χ0n) is 12.6. The smallest absolute Gasteiger partial charge is 0.0325 e. The lowest BCUT2D eigenvalue weighted by molar-refractivity contribution is 0.0876. The molecular formula is C15H32N2. The molecule has 0 heterocycles. The number of hydrogen-bond donors (Lipinski definition) is 1. The quantitative estimate of drug-likeness (QED) is 0.700. The molecular weight excluding hydrogens is 208 g/mol. The lowest BCUT2D eigenvalue weighted by atomic mass is 9.75. The molecule has 1 aliphatic carbocycles. The summed E-state index contributed by atoms with van der Waals surface area (Å²) >= 11 is 0. The van der Waals surface area contributed by atoms with Gasteiger partial charge in [-0.15, -0.1) is 0 Å². The Morgan fingerprint density at radius 2 is 1.94 bits per heavy atom. The van der Waals surface area contributed by atoms with Crippen molar-refractivity contribution in [3.05, 3.63) is 0 Å². The summed E-state index contributed by atoms with van der Waals surface area (Å²) in [5, 5.41) is 3.80. The molecule has 0 aromatic rings. The van der Waals surface area contributed by atoms with E-state index in [4.69, 9.17) is 0 Å². The van der Waals surface area contributed by atoms with Gasteiger partial charge >= 0.3 is 0 Å². The van der Waals surface area contributed by atoms with Crippen LogP contribution in [0.5, 0.6) is 0 Å². The third-order valence-corrected chi connectivity index (χ3v) is 4.92. The molecule has 0 bridgehead atoms. The summed E-state index contributed by atoms with van der Waals surface area (Å²) in [4.78, 5) is 2.42. The van der Waals surface area contributed by atoms with Crippen molar-refractivity contribution in [3.63, 3.8) is 0 Å². The van der Waals surface area contributed by atoms with Gasteiger partial charge in [-0.05, 0) is 52.7 Å². The normalized spacial score (nSPS) is 22.2. The highest BCUT2D eigenvalue weighted by molar-refractivity contribution is 4.96. The second kappa shape index (κ2) is 6.75. The molecule has 0 amide bonds. The van der Waals surface area contributed by atoms with Crippen LogP contribution in [0.2, 0.25) is 0 Å². The Morgan fingerprint density at radius 3 is 2.29 bits per heavy atom. The largest absolute Gasteiger partial charge is 0.312 e. The van der Waals surface area contributed by atoms with E-state index >= 15 is 0 Å². The molecule has 1 aliphatic rings. The third-order valence-electron chi connectivity index (χ3n) is 4.92. The molecule has 1 saturated carbocycles. The van der Waals surface area contributed by atoms with E-state index in [-0.39, 0.29) is 0 Å². The second-order valence-corrected chi connectivity index (χ2v) is 6.14.